The van der Waals surface area contributed by atoms with Crippen LogP contribution in [0.4, 0.5) is 5.69 Å². The summed E-state index contributed by atoms with van der Waals surface area (Å²) in [6.45, 7) is 11.2. The lowest BCUT2D eigenvalue weighted by Crippen LogP contribution is -2.26. The van der Waals surface area contributed by atoms with Crippen molar-refractivity contribution in [3.8, 4) is 0 Å². The Kier molecular flexibility index (Phi) is 4.40. The lowest BCUT2D eigenvalue weighted by molar-refractivity contribution is -0.131. The molecule has 2 rings (SSSR count). The van der Waals surface area contributed by atoms with Crippen molar-refractivity contribution in [2.75, 3.05) is 18.0 Å². The van der Waals surface area contributed by atoms with Crippen molar-refractivity contribution >= 4 is 17.7 Å². The molecule has 3 nitrogen and oxygen atoms in total. The van der Waals surface area contributed by atoms with E-state index in [0.717, 1.165) is 24.6 Å². The van der Waals surface area contributed by atoms with Gasteiger partial charge in [-0.3, -0.25) is 0 Å². The molecular weight excluding hydrogens is 262 g/mol. The van der Waals surface area contributed by atoms with Crippen molar-refractivity contribution in [3.63, 3.8) is 0 Å². The zero-order valence-corrected chi connectivity index (χ0v) is 13.4. The van der Waals surface area contributed by atoms with Gasteiger partial charge in [0.05, 0.1) is 0 Å². The minimum Gasteiger partial charge on any atom is -0.478 e. The van der Waals surface area contributed by atoms with Gasteiger partial charge in [0.1, 0.15) is 0 Å². The summed E-state index contributed by atoms with van der Waals surface area (Å²) < 4.78 is 0. The Morgan fingerprint density at radius 3 is 2.62 bits per heavy atom. The molecule has 1 aliphatic heterocycles. The molecule has 0 aromatic heterocycles. The topological polar surface area (TPSA) is 40.5 Å². The van der Waals surface area contributed by atoms with Crippen molar-refractivity contribution in [1.82, 2.24) is 0 Å². The average Bonchev–Trinajstić information content (AvgIpc) is 2.85. The first-order valence-corrected chi connectivity index (χ1v) is 7.54. The Balaban J connectivity index is 2.14. The highest BCUT2D eigenvalue weighted by Crippen LogP contribution is 2.36. The molecule has 0 radical (unpaired) electrons. The monoisotopic (exact) mass is 287 g/mol. The molecule has 1 aromatic rings. The molecule has 1 N–H and O–H groups in total. The van der Waals surface area contributed by atoms with Gasteiger partial charge in [0, 0.05) is 24.9 Å². The van der Waals surface area contributed by atoms with E-state index in [4.69, 9.17) is 5.11 Å². The van der Waals surface area contributed by atoms with Crippen LogP contribution in [0.2, 0.25) is 0 Å². The van der Waals surface area contributed by atoms with E-state index < -0.39 is 5.97 Å². The highest BCUT2D eigenvalue weighted by molar-refractivity contribution is 5.85. The maximum atomic E-state index is 10.6. The second kappa shape index (κ2) is 5.92. The van der Waals surface area contributed by atoms with Crippen LogP contribution in [0, 0.1) is 18.3 Å². The van der Waals surface area contributed by atoms with Gasteiger partial charge in [0.25, 0.3) is 0 Å². The lowest BCUT2D eigenvalue weighted by Gasteiger charge is -2.28. The minimum absolute atomic E-state index is 0.354. The van der Waals surface area contributed by atoms with Crippen molar-refractivity contribution in [2.45, 2.75) is 34.1 Å². The Morgan fingerprint density at radius 2 is 2.10 bits per heavy atom. The van der Waals surface area contributed by atoms with Gasteiger partial charge in [-0.2, -0.15) is 0 Å². The number of rotatable bonds is 3. The fourth-order valence-electron chi connectivity index (χ4n) is 2.99. The number of nitrogens with zero attached hydrogens (tertiary/aromatic N) is 1. The van der Waals surface area contributed by atoms with Gasteiger partial charge in [-0.15, -0.1) is 0 Å². The molecule has 0 saturated carbocycles. The van der Waals surface area contributed by atoms with Crippen LogP contribution in [0.3, 0.4) is 0 Å². The SMILES string of the molecule is Cc1cc(/C=C/C(=O)O)ccc1N1CCC(C(C)(C)C)C1. The normalized spacial score (nSPS) is 19.4. The van der Waals surface area contributed by atoms with Crippen molar-refractivity contribution in [3.05, 3.63) is 35.4 Å². The number of benzene rings is 1. The molecule has 1 heterocycles. The van der Waals surface area contributed by atoms with Crippen LogP contribution in [0.1, 0.15) is 38.3 Å². The predicted molar refractivity (Wildman–Crippen MR) is 87.6 cm³/mol. The fourth-order valence-corrected chi connectivity index (χ4v) is 2.99. The van der Waals surface area contributed by atoms with E-state index in [2.05, 4.69) is 44.7 Å². The third-order valence-corrected chi connectivity index (χ3v) is 4.39. The van der Waals surface area contributed by atoms with E-state index >= 15 is 0 Å². The Morgan fingerprint density at radius 1 is 1.38 bits per heavy atom. The van der Waals surface area contributed by atoms with Crippen LogP contribution in [0.5, 0.6) is 0 Å². The number of anilines is 1. The van der Waals surface area contributed by atoms with Crippen LogP contribution in [0.25, 0.3) is 6.08 Å². The highest BCUT2D eigenvalue weighted by atomic mass is 16.4. The summed E-state index contributed by atoms with van der Waals surface area (Å²) in [5.74, 6) is -0.187. The van der Waals surface area contributed by atoms with E-state index in [1.807, 2.05) is 6.07 Å². The molecule has 1 unspecified atom stereocenters. The average molecular weight is 287 g/mol. The van der Waals surface area contributed by atoms with E-state index in [-0.39, 0.29) is 0 Å². The first-order valence-electron chi connectivity index (χ1n) is 7.54. The number of aryl methyl sites for hydroxylation is 1. The van der Waals surface area contributed by atoms with Crippen LogP contribution in [0.15, 0.2) is 24.3 Å². The first kappa shape index (κ1) is 15.6. The van der Waals surface area contributed by atoms with E-state index in [0.29, 0.717) is 5.41 Å². The molecule has 0 aliphatic carbocycles. The third kappa shape index (κ3) is 3.87. The Hall–Kier alpha value is -1.77. The first-order chi connectivity index (χ1) is 9.77. The zero-order valence-electron chi connectivity index (χ0n) is 13.4. The number of aliphatic carboxylic acids is 1. The number of carboxylic acid groups (broad SMARTS) is 1. The molecule has 3 heteroatoms. The second-order valence-corrected chi connectivity index (χ2v) is 7.02. The van der Waals surface area contributed by atoms with Gasteiger partial charge >= 0.3 is 5.97 Å². The van der Waals surface area contributed by atoms with Crippen molar-refractivity contribution in [1.29, 1.82) is 0 Å². The van der Waals surface area contributed by atoms with Crippen LogP contribution in [-0.2, 0) is 4.79 Å². The summed E-state index contributed by atoms with van der Waals surface area (Å²) in [4.78, 5) is 13.0. The molecule has 0 spiro atoms. The maximum Gasteiger partial charge on any atom is 0.328 e. The van der Waals surface area contributed by atoms with Gasteiger partial charge in [0.15, 0.2) is 0 Å². The van der Waals surface area contributed by atoms with E-state index in [1.165, 1.54) is 23.7 Å². The summed E-state index contributed by atoms with van der Waals surface area (Å²) in [7, 11) is 0. The Bertz CT molecular complexity index is 555. The molecular formula is C18H25NO2. The van der Waals surface area contributed by atoms with Gasteiger partial charge in [-0.25, -0.2) is 4.79 Å². The molecule has 1 atom stereocenters. The smallest absolute Gasteiger partial charge is 0.328 e. The number of hydrogen-bond donors (Lipinski definition) is 1. The summed E-state index contributed by atoms with van der Waals surface area (Å²) in [5.41, 5.74) is 3.77. The third-order valence-electron chi connectivity index (χ3n) is 4.39. The number of carboxylic acids is 1. The van der Waals surface area contributed by atoms with Gasteiger partial charge in [0.2, 0.25) is 0 Å². The largest absolute Gasteiger partial charge is 0.478 e. The second-order valence-electron chi connectivity index (χ2n) is 7.02. The summed E-state index contributed by atoms with van der Waals surface area (Å²) in [6, 6.07) is 6.16. The molecule has 1 saturated heterocycles. The van der Waals surface area contributed by atoms with E-state index in [9.17, 15) is 4.79 Å². The molecule has 1 aliphatic rings. The zero-order chi connectivity index (χ0) is 15.6. The van der Waals surface area contributed by atoms with Crippen LogP contribution < -0.4 is 4.90 Å². The quantitative estimate of drug-likeness (QED) is 0.855. The fraction of sp³-hybridized carbons (Fsp3) is 0.500. The van der Waals surface area contributed by atoms with Gasteiger partial charge in [-0.1, -0.05) is 26.8 Å². The summed E-state index contributed by atoms with van der Waals surface area (Å²) in [5, 5.41) is 8.68. The van der Waals surface area contributed by atoms with Gasteiger partial charge < -0.3 is 10.0 Å². The molecule has 0 amide bonds. The molecule has 1 aromatic carbocycles. The number of carbonyl (C=O) groups is 1. The Labute approximate surface area is 127 Å². The molecule has 21 heavy (non-hydrogen) atoms. The van der Waals surface area contributed by atoms with Crippen molar-refractivity contribution in [2.24, 2.45) is 11.3 Å². The van der Waals surface area contributed by atoms with Crippen molar-refractivity contribution < 1.29 is 9.90 Å². The molecule has 114 valence electrons. The maximum absolute atomic E-state index is 10.6. The summed E-state index contributed by atoms with van der Waals surface area (Å²) in [6.07, 6.45) is 4.06. The summed E-state index contributed by atoms with van der Waals surface area (Å²) >= 11 is 0. The lowest BCUT2D eigenvalue weighted by atomic mass is 9.80. The van der Waals surface area contributed by atoms with Crippen LogP contribution >= 0.6 is 0 Å². The number of hydrogen-bond acceptors (Lipinski definition) is 2. The molecule has 0 bridgehead atoms. The van der Waals surface area contributed by atoms with Gasteiger partial charge in [-0.05, 0) is 54.0 Å². The van der Waals surface area contributed by atoms with Crippen LogP contribution in [-0.4, -0.2) is 24.2 Å². The van der Waals surface area contributed by atoms with E-state index in [1.54, 1.807) is 6.08 Å². The predicted octanol–water partition coefficient (Wildman–Crippen LogP) is 3.97. The highest BCUT2D eigenvalue weighted by Gasteiger charge is 2.32. The minimum atomic E-state index is -0.913. The standard InChI is InChI=1S/C18H25NO2/c1-13-11-14(6-8-17(20)21)5-7-16(13)19-10-9-15(12-19)18(2,3)4/h5-8,11,15H,9-10,12H2,1-4H3,(H,20,21)/b8-6+. The molecule has 1 fully saturated rings.